The third kappa shape index (κ3) is 2.67. The number of amides is 1. The summed E-state index contributed by atoms with van der Waals surface area (Å²) in [7, 11) is 0. The van der Waals surface area contributed by atoms with Crippen LogP contribution in [-0.2, 0) is 4.79 Å². The highest BCUT2D eigenvalue weighted by Crippen LogP contribution is 2.19. The minimum Gasteiger partial charge on any atom is -0.274 e. The van der Waals surface area contributed by atoms with Gasteiger partial charge in [-0.05, 0) is 17.5 Å². The van der Waals surface area contributed by atoms with Crippen LogP contribution in [0.25, 0.3) is 0 Å². The van der Waals surface area contributed by atoms with Crippen molar-refractivity contribution in [1.29, 1.82) is 0 Å². The lowest BCUT2D eigenvalue weighted by molar-refractivity contribution is -0.115. The molecule has 0 saturated heterocycles. The molecule has 1 heterocycles. The normalized spacial score (nSPS) is 10.4. The van der Waals surface area contributed by atoms with Gasteiger partial charge in [-0.2, -0.15) is 0 Å². The average molecular weight is 304 g/mol. The van der Waals surface area contributed by atoms with Crippen molar-refractivity contribution >= 4 is 34.6 Å². The highest BCUT2D eigenvalue weighted by atomic mass is 127. The molecule has 0 aromatic carbocycles. The monoisotopic (exact) mass is 304 g/mol. The van der Waals surface area contributed by atoms with E-state index in [0.717, 1.165) is 0 Å². The van der Waals surface area contributed by atoms with E-state index in [9.17, 15) is 4.79 Å². The van der Waals surface area contributed by atoms with E-state index in [1.54, 1.807) is 0 Å². The van der Waals surface area contributed by atoms with Crippen molar-refractivity contribution in [3.05, 3.63) is 23.9 Å². The van der Waals surface area contributed by atoms with Crippen molar-refractivity contribution in [2.45, 2.75) is 26.7 Å². The van der Waals surface area contributed by atoms with Crippen molar-refractivity contribution in [3.8, 4) is 0 Å². The summed E-state index contributed by atoms with van der Waals surface area (Å²) < 4.78 is 1.50. The van der Waals surface area contributed by atoms with Gasteiger partial charge in [-0.3, -0.25) is 4.79 Å². The van der Waals surface area contributed by atoms with Crippen molar-refractivity contribution in [2.24, 2.45) is 0 Å². The molecule has 4 heteroatoms. The average Bonchev–Trinajstić information content (AvgIpc) is 2.16. The number of hydrogen-bond acceptors (Lipinski definition) is 2. The molecule has 0 aliphatic carbocycles. The van der Waals surface area contributed by atoms with Gasteiger partial charge in [-0.1, -0.05) is 19.9 Å². The van der Waals surface area contributed by atoms with Crippen LogP contribution in [-0.4, -0.2) is 10.9 Å². The smallest absolute Gasteiger partial charge is 0.233 e. The third-order valence-electron chi connectivity index (χ3n) is 1.92. The Balaban J connectivity index is 2.88. The minimum atomic E-state index is -0.0182. The predicted octanol–water partition coefficient (Wildman–Crippen LogP) is 2.91. The zero-order valence-corrected chi connectivity index (χ0v) is 10.6. The van der Waals surface area contributed by atoms with Crippen LogP contribution in [0.4, 0.5) is 5.82 Å². The van der Waals surface area contributed by atoms with E-state index < -0.39 is 0 Å². The molecule has 1 aromatic heterocycles. The molecule has 1 aromatic rings. The number of anilines is 1. The fourth-order valence-corrected chi connectivity index (χ4v) is 1.30. The molecule has 0 atom stereocenters. The highest BCUT2D eigenvalue weighted by Gasteiger charge is 2.08. The Kier molecular flexibility index (Phi) is 3.86. The van der Waals surface area contributed by atoms with Gasteiger partial charge in [0.15, 0.2) is 0 Å². The second-order valence-corrected chi connectivity index (χ2v) is 4.37. The zero-order chi connectivity index (χ0) is 10.7. The fraction of sp³-hybridized carbons (Fsp3) is 0.400. The summed E-state index contributed by atoms with van der Waals surface area (Å²) in [4.78, 5) is 15.3. The molecular formula is C10H13IN2O. The molecule has 1 rings (SSSR count). The summed E-state index contributed by atoms with van der Waals surface area (Å²) in [5.41, 5.74) is 1.18. The van der Waals surface area contributed by atoms with Gasteiger partial charge in [-0.15, -0.1) is 0 Å². The van der Waals surface area contributed by atoms with Crippen LogP contribution in [0.2, 0.25) is 0 Å². The molecule has 0 aliphatic rings. The molecule has 0 aliphatic heterocycles. The molecule has 0 unspecified atom stereocenters. The van der Waals surface area contributed by atoms with Crippen LogP contribution in [0, 0.1) is 0 Å². The van der Waals surface area contributed by atoms with Crippen LogP contribution in [0.1, 0.15) is 32.3 Å². The molecule has 0 fully saturated rings. The molecule has 3 nitrogen and oxygen atoms in total. The number of pyridine rings is 1. The maximum absolute atomic E-state index is 11.0. The third-order valence-corrected chi connectivity index (χ3v) is 3.09. The summed E-state index contributed by atoms with van der Waals surface area (Å²) in [6.45, 7) is 5.75. The molecular weight excluding hydrogens is 291 g/mol. The van der Waals surface area contributed by atoms with Gasteiger partial charge in [0, 0.05) is 13.1 Å². The van der Waals surface area contributed by atoms with Gasteiger partial charge in [0.25, 0.3) is 0 Å². The second-order valence-electron chi connectivity index (χ2n) is 3.40. The summed E-state index contributed by atoms with van der Waals surface area (Å²) in [6, 6.07) is 3.87. The number of hydrogen-bond donors (Lipinski definition) is 0. The van der Waals surface area contributed by atoms with Crippen LogP contribution >= 0.6 is 22.9 Å². The number of rotatable bonds is 2. The zero-order valence-electron chi connectivity index (χ0n) is 8.49. The Hall–Kier alpha value is -0.650. The van der Waals surface area contributed by atoms with Crippen LogP contribution < -0.4 is 3.11 Å². The first-order chi connectivity index (χ1) is 6.52. The number of aromatic nitrogens is 1. The predicted molar refractivity (Wildman–Crippen MR) is 65.5 cm³/mol. The topological polar surface area (TPSA) is 33.2 Å². The van der Waals surface area contributed by atoms with Gasteiger partial charge in [0.1, 0.15) is 5.82 Å². The van der Waals surface area contributed by atoms with Gasteiger partial charge in [-0.25, -0.2) is 8.10 Å². The van der Waals surface area contributed by atoms with E-state index in [2.05, 4.69) is 18.8 Å². The van der Waals surface area contributed by atoms with Gasteiger partial charge >= 0.3 is 0 Å². The molecule has 0 saturated carbocycles. The van der Waals surface area contributed by atoms with E-state index in [1.165, 1.54) is 15.6 Å². The van der Waals surface area contributed by atoms with Crippen molar-refractivity contribution in [2.75, 3.05) is 3.11 Å². The second kappa shape index (κ2) is 4.72. The minimum absolute atomic E-state index is 0.0182. The lowest BCUT2D eigenvalue weighted by Gasteiger charge is -2.12. The molecule has 0 N–H and O–H groups in total. The van der Waals surface area contributed by atoms with Gasteiger partial charge in [0.2, 0.25) is 5.91 Å². The quantitative estimate of drug-likeness (QED) is 0.622. The lowest BCUT2D eigenvalue weighted by Crippen LogP contribution is -2.16. The molecule has 0 spiro atoms. The Labute approximate surface area is 98.0 Å². The standard InChI is InChI=1S/C10H13IN2O/c1-7(2)9-4-5-10(12-6-9)13(11)8(3)14/h4-7H,1-3H3. The first kappa shape index (κ1) is 11.4. The maximum atomic E-state index is 11.0. The number of carbonyl (C=O) groups is 1. The number of halogens is 1. The SMILES string of the molecule is CC(=O)N(I)c1ccc(C(C)C)cn1. The number of nitrogens with zero attached hydrogens (tertiary/aromatic N) is 2. The first-order valence-electron chi connectivity index (χ1n) is 4.44. The molecule has 76 valence electrons. The van der Waals surface area contributed by atoms with E-state index in [-0.39, 0.29) is 5.91 Å². The largest absolute Gasteiger partial charge is 0.274 e. The van der Waals surface area contributed by atoms with Crippen LogP contribution in [0.3, 0.4) is 0 Å². The lowest BCUT2D eigenvalue weighted by atomic mass is 10.1. The summed E-state index contributed by atoms with van der Waals surface area (Å²) in [5.74, 6) is 1.13. The van der Waals surface area contributed by atoms with E-state index in [1.807, 2.05) is 41.2 Å². The Bertz CT molecular complexity index is 321. The van der Waals surface area contributed by atoms with Gasteiger partial charge < -0.3 is 0 Å². The number of carbonyl (C=O) groups excluding carboxylic acids is 1. The van der Waals surface area contributed by atoms with E-state index >= 15 is 0 Å². The van der Waals surface area contributed by atoms with E-state index in [0.29, 0.717) is 11.7 Å². The van der Waals surface area contributed by atoms with Gasteiger partial charge in [0.05, 0.1) is 22.9 Å². The van der Waals surface area contributed by atoms with Crippen molar-refractivity contribution < 1.29 is 4.79 Å². The Morgan fingerprint density at radius 3 is 2.50 bits per heavy atom. The Morgan fingerprint density at radius 1 is 1.50 bits per heavy atom. The van der Waals surface area contributed by atoms with Crippen molar-refractivity contribution in [3.63, 3.8) is 0 Å². The summed E-state index contributed by atoms with van der Waals surface area (Å²) in [6.07, 6.45) is 1.81. The fourth-order valence-electron chi connectivity index (χ4n) is 1.02. The van der Waals surface area contributed by atoms with Crippen LogP contribution in [0.5, 0.6) is 0 Å². The summed E-state index contributed by atoms with van der Waals surface area (Å²) >= 11 is 1.95. The molecule has 0 radical (unpaired) electrons. The van der Waals surface area contributed by atoms with Crippen molar-refractivity contribution in [1.82, 2.24) is 4.98 Å². The maximum Gasteiger partial charge on any atom is 0.233 e. The first-order valence-corrected chi connectivity index (χ1v) is 5.41. The van der Waals surface area contributed by atoms with E-state index in [4.69, 9.17) is 0 Å². The van der Waals surface area contributed by atoms with Crippen LogP contribution in [0.15, 0.2) is 18.3 Å². The molecule has 14 heavy (non-hydrogen) atoms. The Morgan fingerprint density at radius 2 is 2.14 bits per heavy atom. The highest BCUT2D eigenvalue weighted by molar-refractivity contribution is 14.1. The summed E-state index contributed by atoms with van der Waals surface area (Å²) in [5, 5.41) is 0. The molecule has 1 amide bonds. The molecule has 0 bridgehead atoms.